The van der Waals surface area contributed by atoms with Crippen LogP contribution in [0.3, 0.4) is 0 Å². The van der Waals surface area contributed by atoms with Gasteiger partial charge in [-0.2, -0.15) is 0 Å². The van der Waals surface area contributed by atoms with Gasteiger partial charge in [0.2, 0.25) is 0 Å². The predicted molar refractivity (Wildman–Crippen MR) is 120 cm³/mol. The van der Waals surface area contributed by atoms with Gasteiger partial charge in [0.15, 0.2) is 0 Å². The van der Waals surface area contributed by atoms with E-state index in [-0.39, 0.29) is 0 Å². The van der Waals surface area contributed by atoms with Crippen LogP contribution in [-0.4, -0.2) is 9.97 Å². The van der Waals surface area contributed by atoms with Crippen molar-refractivity contribution in [2.75, 3.05) is 0 Å². The summed E-state index contributed by atoms with van der Waals surface area (Å²) in [5.74, 6) is 0.632. The maximum atomic E-state index is 6.37. The number of benzene rings is 3. The number of aromatic amines is 1. The number of rotatable bonds is 3. The molecule has 4 rings (SSSR count). The van der Waals surface area contributed by atoms with Gasteiger partial charge in [-0.3, -0.25) is 0 Å². The topological polar surface area (TPSA) is 28.7 Å². The molecule has 0 aliphatic heterocycles. The van der Waals surface area contributed by atoms with Crippen LogP contribution in [-0.2, 0) is 0 Å². The van der Waals surface area contributed by atoms with E-state index in [0.29, 0.717) is 36.6 Å². The third-order valence-electron chi connectivity index (χ3n) is 4.23. The summed E-state index contributed by atoms with van der Waals surface area (Å²) in [7, 11) is 0. The molecule has 0 amide bonds. The van der Waals surface area contributed by atoms with E-state index in [4.69, 9.17) is 63.0 Å². The molecule has 4 aromatic rings. The summed E-state index contributed by atoms with van der Waals surface area (Å²) in [4.78, 5) is 8.15. The molecule has 0 spiro atoms. The van der Waals surface area contributed by atoms with Crippen LogP contribution >= 0.6 is 58.0 Å². The van der Waals surface area contributed by atoms with Gasteiger partial charge in [-0.15, -0.1) is 0 Å². The number of halogens is 5. The molecule has 0 unspecified atom stereocenters. The van der Waals surface area contributed by atoms with E-state index in [1.54, 1.807) is 24.3 Å². The highest BCUT2D eigenvalue weighted by atomic mass is 35.5. The van der Waals surface area contributed by atoms with Crippen LogP contribution in [0.5, 0.6) is 0 Å². The van der Waals surface area contributed by atoms with E-state index < -0.39 is 0 Å². The lowest BCUT2D eigenvalue weighted by atomic mass is 10.1. The van der Waals surface area contributed by atoms with Crippen molar-refractivity contribution in [3.63, 3.8) is 0 Å². The fourth-order valence-corrected chi connectivity index (χ4v) is 3.69. The average Bonchev–Trinajstić information content (AvgIpc) is 3.11. The first-order valence-corrected chi connectivity index (χ1v) is 10.1. The Morgan fingerprint density at radius 3 is 1.86 bits per heavy atom. The van der Waals surface area contributed by atoms with Crippen molar-refractivity contribution in [2.45, 2.75) is 0 Å². The minimum atomic E-state index is 0.446. The van der Waals surface area contributed by atoms with Gasteiger partial charge in [-0.25, -0.2) is 4.98 Å². The zero-order valence-corrected chi connectivity index (χ0v) is 17.9. The minimum Gasteiger partial charge on any atom is -0.337 e. The molecule has 0 bridgehead atoms. The maximum absolute atomic E-state index is 6.37. The molecular weight excluding hydrogens is 458 g/mol. The van der Waals surface area contributed by atoms with Gasteiger partial charge in [0.25, 0.3) is 0 Å². The van der Waals surface area contributed by atoms with E-state index in [9.17, 15) is 0 Å². The Morgan fingerprint density at radius 1 is 0.607 bits per heavy atom. The highest BCUT2D eigenvalue weighted by Gasteiger charge is 2.18. The summed E-state index contributed by atoms with van der Waals surface area (Å²) in [5, 5.41) is 2.45. The standard InChI is InChI=1S/C21H11Cl5N2/c22-14-4-2-1-3-13(14)21-27-19(11-5-7-15(23)17(25)9-11)20(28-21)12-6-8-16(24)18(26)10-12/h1-10H,(H,27,28). The molecule has 140 valence electrons. The second kappa shape index (κ2) is 7.98. The first kappa shape index (κ1) is 19.6. The van der Waals surface area contributed by atoms with Crippen molar-refractivity contribution < 1.29 is 0 Å². The third-order valence-corrected chi connectivity index (χ3v) is 6.04. The van der Waals surface area contributed by atoms with Crippen molar-refractivity contribution in [1.82, 2.24) is 9.97 Å². The number of nitrogens with zero attached hydrogens (tertiary/aromatic N) is 1. The highest BCUT2D eigenvalue weighted by molar-refractivity contribution is 6.42. The van der Waals surface area contributed by atoms with Gasteiger partial charge < -0.3 is 4.98 Å². The average molecular weight is 469 g/mol. The van der Waals surface area contributed by atoms with Crippen LogP contribution < -0.4 is 0 Å². The molecule has 0 aliphatic carbocycles. The Balaban J connectivity index is 1.95. The highest BCUT2D eigenvalue weighted by Crippen LogP contribution is 2.38. The number of nitrogens with one attached hydrogen (secondary N) is 1. The summed E-state index contributed by atoms with van der Waals surface area (Å²) >= 11 is 31.0. The normalized spacial score (nSPS) is 11.0. The van der Waals surface area contributed by atoms with Crippen LogP contribution in [0.4, 0.5) is 0 Å². The number of aromatic nitrogens is 2. The van der Waals surface area contributed by atoms with E-state index in [2.05, 4.69) is 4.98 Å². The third kappa shape index (κ3) is 3.76. The molecule has 28 heavy (non-hydrogen) atoms. The minimum absolute atomic E-state index is 0.446. The van der Waals surface area contributed by atoms with E-state index in [1.165, 1.54) is 0 Å². The Kier molecular flexibility index (Phi) is 5.59. The number of H-pyrrole nitrogens is 1. The van der Waals surface area contributed by atoms with E-state index in [1.807, 2.05) is 36.4 Å². The fraction of sp³-hybridized carbons (Fsp3) is 0. The molecule has 0 fully saturated rings. The number of hydrogen-bond donors (Lipinski definition) is 1. The summed E-state index contributed by atoms with van der Waals surface area (Å²) in [6, 6.07) is 18.3. The van der Waals surface area contributed by atoms with Gasteiger partial charge in [0, 0.05) is 16.7 Å². The molecule has 0 saturated heterocycles. The largest absolute Gasteiger partial charge is 0.337 e. The second-order valence-electron chi connectivity index (χ2n) is 6.05. The van der Waals surface area contributed by atoms with Gasteiger partial charge in [0.05, 0.1) is 36.5 Å². The second-order valence-corrected chi connectivity index (χ2v) is 8.08. The number of imidazole rings is 1. The molecule has 2 nitrogen and oxygen atoms in total. The molecular formula is C21H11Cl5N2. The fourth-order valence-electron chi connectivity index (χ4n) is 2.87. The van der Waals surface area contributed by atoms with Gasteiger partial charge in [0.1, 0.15) is 5.82 Å². The van der Waals surface area contributed by atoms with Crippen LogP contribution in [0.1, 0.15) is 0 Å². The molecule has 0 saturated carbocycles. The van der Waals surface area contributed by atoms with Crippen LogP contribution in [0.2, 0.25) is 25.1 Å². The molecule has 1 aromatic heterocycles. The van der Waals surface area contributed by atoms with E-state index >= 15 is 0 Å². The quantitative estimate of drug-likeness (QED) is 0.320. The SMILES string of the molecule is Clc1ccc(-c2nc(-c3ccccc3Cl)[nH]c2-c2ccc(Cl)c(Cl)c2)cc1Cl. The maximum Gasteiger partial charge on any atom is 0.140 e. The summed E-state index contributed by atoms with van der Waals surface area (Å²) in [6.45, 7) is 0. The molecule has 7 heteroatoms. The van der Waals surface area contributed by atoms with Crippen LogP contribution in [0.15, 0.2) is 60.7 Å². The van der Waals surface area contributed by atoms with Crippen molar-refractivity contribution >= 4 is 58.0 Å². The Labute approximate surface area is 187 Å². The molecule has 1 N–H and O–H groups in total. The van der Waals surface area contributed by atoms with Gasteiger partial charge >= 0.3 is 0 Å². The van der Waals surface area contributed by atoms with Crippen molar-refractivity contribution in [1.29, 1.82) is 0 Å². The van der Waals surface area contributed by atoms with Crippen LogP contribution in [0.25, 0.3) is 33.9 Å². The van der Waals surface area contributed by atoms with Gasteiger partial charge in [-0.1, -0.05) is 82.3 Å². The van der Waals surface area contributed by atoms with Crippen molar-refractivity contribution in [2.24, 2.45) is 0 Å². The zero-order valence-electron chi connectivity index (χ0n) is 14.1. The molecule has 0 radical (unpaired) electrons. The van der Waals surface area contributed by atoms with E-state index in [0.717, 1.165) is 22.4 Å². The Bertz CT molecular complexity index is 1110. The molecule has 0 atom stereocenters. The lowest BCUT2D eigenvalue weighted by molar-refractivity contribution is 1.31. The summed E-state index contributed by atoms with van der Waals surface area (Å²) in [5.41, 5.74) is 3.90. The molecule has 3 aromatic carbocycles. The van der Waals surface area contributed by atoms with Crippen molar-refractivity contribution in [3.8, 4) is 33.9 Å². The first-order valence-electron chi connectivity index (χ1n) is 8.20. The Morgan fingerprint density at radius 2 is 1.21 bits per heavy atom. The first-order chi connectivity index (χ1) is 13.4. The smallest absolute Gasteiger partial charge is 0.140 e. The number of hydrogen-bond acceptors (Lipinski definition) is 1. The molecule has 0 aliphatic rings. The Hall–Kier alpha value is -1.68. The van der Waals surface area contributed by atoms with Crippen LogP contribution in [0, 0.1) is 0 Å². The van der Waals surface area contributed by atoms with Crippen molar-refractivity contribution in [3.05, 3.63) is 85.8 Å². The predicted octanol–water partition coefficient (Wildman–Crippen LogP) is 8.68. The summed E-state index contributed by atoms with van der Waals surface area (Å²) in [6.07, 6.45) is 0. The molecule has 1 heterocycles. The lowest BCUT2D eigenvalue weighted by Crippen LogP contribution is -1.85. The lowest BCUT2D eigenvalue weighted by Gasteiger charge is -2.06. The summed E-state index contributed by atoms with van der Waals surface area (Å²) < 4.78 is 0. The monoisotopic (exact) mass is 466 g/mol. The zero-order chi connectivity index (χ0) is 19.8. The van der Waals surface area contributed by atoms with Gasteiger partial charge in [-0.05, 0) is 36.4 Å².